The van der Waals surface area contributed by atoms with Gasteiger partial charge in [-0.2, -0.15) is 0 Å². The molecule has 0 radical (unpaired) electrons. The maximum absolute atomic E-state index is 12.0. The van der Waals surface area contributed by atoms with Crippen LogP contribution < -0.4 is 5.32 Å². The van der Waals surface area contributed by atoms with E-state index in [1.54, 1.807) is 24.3 Å². The average Bonchev–Trinajstić information content (AvgIpc) is 2.97. The number of furan rings is 1. The standard InChI is InChI=1S/C18H22N2O4/c1-13-4-9-16(24-13)11-20(2)12-17(21)19-10-14-5-7-15(8-6-14)18(22)23-3/h4-9H,10-12H2,1-3H3,(H,19,21). The second kappa shape index (κ2) is 8.31. The number of ether oxygens (including phenoxy) is 1. The summed E-state index contributed by atoms with van der Waals surface area (Å²) in [4.78, 5) is 25.2. The van der Waals surface area contributed by atoms with Gasteiger partial charge in [0.1, 0.15) is 11.5 Å². The number of hydrogen-bond acceptors (Lipinski definition) is 5. The lowest BCUT2D eigenvalue weighted by molar-refractivity contribution is -0.122. The number of carbonyl (C=O) groups excluding carboxylic acids is 2. The fourth-order valence-electron chi connectivity index (χ4n) is 2.27. The highest BCUT2D eigenvalue weighted by atomic mass is 16.5. The summed E-state index contributed by atoms with van der Waals surface area (Å²) in [7, 11) is 3.21. The first-order valence-corrected chi connectivity index (χ1v) is 7.65. The molecular weight excluding hydrogens is 308 g/mol. The molecule has 1 aromatic heterocycles. The third kappa shape index (κ3) is 5.24. The molecule has 0 bridgehead atoms. The zero-order valence-electron chi connectivity index (χ0n) is 14.2. The van der Waals surface area contributed by atoms with E-state index in [1.807, 2.05) is 31.0 Å². The molecule has 0 saturated carbocycles. The quantitative estimate of drug-likeness (QED) is 0.787. The minimum absolute atomic E-state index is 0.0715. The number of hydrogen-bond donors (Lipinski definition) is 1. The van der Waals surface area contributed by atoms with Crippen molar-refractivity contribution in [1.29, 1.82) is 0 Å². The topological polar surface area (TPSA) is 71.8 Å². The zero-order valence-corrected chi connectivity index (χ0v) is 14.2. The number of esters is 1. The van der Waals surface area contributed by atoms with E-state index < -0.39 is 0 Å². The molecule has 1 amide bonds. The van der Waals surface area contributed by atoms with Crippen molar-refractivity contribution in [2.24, 2.45) is 0 Å². The van der Waals surface area contributed by atoms with Gasteiger partial charge in [0.15, 0.2) is 0 Å². The Labute approximate surface area is 141 Å². The van der Waals surface area contributed by atoms with Gasteiger partial charge in [0.25, 0.3) is 0 Å². The molecule has 0 saturated heterocycles. The summed E-state index contributed by atoms with van der Waals surface area (Å²) in [6.45, 7) is 3.16. The van der Waals surface area contributed by atoms with Crippen LogP contribution in [-0.4, -0.2) is 37.5 Å². The molecule has 0 fully saturated rings. The minimum atomic E-state index is -0.375. The number of rotatable bonds is 7. The van der Waals surface area contributed by atoms with Crippen molar-refractivity contribution in [2.75, 3.05) is 20.7 Å². The van der Waals surface area contributed by atoms with Crippen molar-refractivity contribution < 1.29 is 18.7 Å². The molecule has 0 aliphatic carbocycles. The Balaban J connectivity index is 1.77. The molecule has 0 unspecified atom stereocenters. The first-order chi connectivity index (χ1) is 11.5. The van der Waals surface area contributed by atoms with Crippen LogP contribution in [0.1, 0.15) is 27.4 Å². The summed E-state index contributed by atoms with van der Waals surface area (Å²) in [5.74, 6) is 1.25. The van der Waals surface area contributed by atoms with Crippen molar-refractivity contribution in [3.8, 4) is 0 Å². The van der Waals surface area contributed by atoms with Crippen LogP contribution in [0.15, 0.2) is 40.8 Å². The highest BCUT2D eigenvalue weighted by molar-refractivity contribution is 5.89. The predicted octanol–water partition coefficient (Wildman–Crippen LogP) is 2.12. The third-order valence-electron chi connectivity index (χ3n) is 3.50. The van der Waals surface area contributed by atoms with Crippen molar-refractivity contribution in [2.45, 2.75) is 20.0 Å². The molecule has 2 rings (SSSR count). The monoisotopic (exact) mass is 330 g/mol. The second-order valence-electron chi connectivity index (χ2n) is 5.65. The van der Waals surface area contributed by atoms with Crippen molar-refractivity contribution >= 4 is 11.9 Å². The molecule has 0 spiro atoms. The van der Waals surface area contributed by atoms with Crippen molar-refractivity contribution in [3.05, 3.63) is 59.0 Å². The molecule has 0 aliphatic rings. The number of carbonyl (C=O) groups is 2. The molecule has 6 heteroatoms. The number of methoxy groups -OCH3 is 1. The minimum Gasteiger partial charge on any atom is -0.465 e. The molecule has 1 aromatic carbocycles. The maximum Gasteiger partial charge on any atom is 0.337 e. The van der Waals surface area contributed by atoms with E-state index in [2.05, 4.69) is 10.1 Å². The van der Waals surface area contributed by atoms with E-state index in [0.29, 0.717) is 18.7 Å². The SMILES string of the molecule is COC(=O)c1ccc(CNC(=O)CN(C)Cc2ccc(C)o2)cc1. The van der Waals surface area contributed by atoms with Gasteiger partial charge in [-0.25, -0.2) is 4.79 Å². The van der Waals surface area contributed by atoms with Gasteiger partial charge in [0.2, 0.25) is 5.91 Å². The smallest absolute Gasteiger partial charge is 0.337 e. The van der Waals surface area contributed by atoms with E-state index in [1.165, 1.54) is 7.11 Å². The van der Waals surface area contributed by atoms with Gasteiger partial charge in [-0.15, -0.1) is 0 Å². The Hall–Kier alpha value is -2.60. The Morgan fingerprint density at radius 1 is 1.17 bits per heavy atom. The molecular formula is C18H22N2O4. The van der Waals surface area contributed by atoms with E-state index in [-0.39, 0.29) is 18.4 Å². The Bertz CT molecular complexity index is 691. The summed E-state index contributed by atoms with van der Waals surface area (Å²) >= 11 is 0. The Morgan fingerprint density at radius 3 is 2.46 bits per heavy atom. The van der Waals surface area contributed by atoms with Gasteiger partial charge >= 0.3 is 5.97 Å². The zero-order chi connectivity index (χ0) is 17.5. The molecule has 0 aliphatic heterocycles. The van der Waals surface area contributed by atoms with Crippen molar-refractivity contribution in [3.63, 3.8) is 0 Å². The fraction of sp³-hybridized carbons (Fsp3) is 0.333. The fourth-order valence-corrected chi connectivity index (χ4v) is 2.27. The molecule has 0 atom stereocenters. The lowest BCUT2D eigenvalue weighted by Gasteiger charge is -2.15. The summed E-state index contributed by atoms with van der Waals surface area (Å²) < 4.78 is 10.1. The highest BCUT2D eigenvalue weighted by Crippen LogP contribution is 2.08. The third-order valence-corrected chi connectivity index (χ3v) is 3.50. The van der Waals surface area contributed by atoms with Crippen LogP contribution in [0.4, 0.5) is 0 Å². The van der Waals surface area contributed by atoms with E-state index in [0.717, 1.165) is 17.1 Å². The number of nitrogens with one attached hydrogen (secondary N) is 1. The van der Waals surface area contributed by atoms with Crippen LogP contribution in [-0.2, 0) is 22.6 Å². The Kier molecular flexibility index (Phi) is 6.14. The van der Waals surface area contributed by atoms with Gasteiger partial charge in [-0.05, 0) is 43.8 Å². The number of nitrogens with zero attached hydrogens (tertiary/aromatic N) is 1. The summed E-state index contributed by atoms with van der Waals surface area (Å²) in [5, 5.41) is 2.86. The van der Waals surface area contributed by atoms with Crippen LogP contribution in [0.25, 0.3) is 0 Å². The van der Waals surface area contributed by atoms with Crippen LogP contribution >= 0.6 is 0 Å². The van der Waals surface area contributed by atoms with Gasteiger partial charge in [-0.1, -0.05) is 12.1 Å². The summed E-state index contributed by atoms with van der Waals surface area (Å²) in [6.07, 6.45) is 0. The normalized spacial score (nSPS) is 10.7. The number of benzene rings is 1. The van der Waals surface area contributed by atoms with Crippen molar-refractivity contribution in [1.82, 2.24) is 10.2 Å². The van der Waals surface area contributed by atoms with Gasteiger partial charge in [-0.3, -0.25) is 9.69 Å². The maximum atomic E-state index is 12.0. The summed E-state index contributed by atoms with van der Waals surface area (Å²) in [6, 6.07) is 10.8. The molecule has 1 heterocycles. The summed E-state index contributed by atoms with van der Waals surface area (Å²) in [5.41, 5.74) is 1.40. The lowest BCUT2D eigenvalue weighted by atomic mass is 10.1. The molecule has 2 aromatic rings. The van der Waals surface area contributed by atoms with Gasteiger partial charge in [0.05, 0.1) is 25.8 Å². The lowest BCUT2D eigenvalue weighted by Crippen LogP contribution is -2.34. The number of likely N-dealkylation sites (N-methyl/N-ethyl adjacent to an activating group) is 1. The van der Waals surface area contributed by atoms with Crippen LogP contribution in [0.2, 0.25) is 0 Å². The number of aryl methyl sites for hydroxylation is 1. The average molecular weight is 330 g/mol. The van der Waals surface area contributed by atoms with Crippen LogP contribution in [0.3, 0.4) is 0 Å². The highest BCUT2D eigenvalue weighted by Gasteiger charge is 2.09. The number of amides is 1. The molecule has 6 nitrogen and oxygen atoms in total. The van der Waals surface area contributed by atoms with E-state index in [4.69, 9.17) is 4.42 Å². The Morgan fingerprint density at radius 2 is 1.88 bits per heavy atom. The van der Waals surface area contributed by atoms with E-state index >= 15 is 0 Å². The molecule has 1 N–H and O–H groups in total. The second-order valence-corrected chi connectivity index (χ2v) is 5.65. The largest absolute Gasteiger partial charge is 0.465 e. The molecule has 24 heavy (non-hydrogen) atoms. The van der Waals surface area contributed by atoms with Crippen LogP contribution in [0.5, 0.6) is 0 Å². The first kappa shape index (κ1) is 17.7. The molecule has 128 valence electrons. The van der Waals surface area contributed by atoms with Gasteiger partial charge < -0.3 is 14.5 Å². The van der Waals surface area contributed by atoms with E-state index in [9.17, 15) is 9.59 Å². The van der Waals surface area contributed by atoms with Gasteiger partial charge in [0, 0.05) is 6.54 Å². The van der Waals surface area contributed by atoms with Crippen LogP contribution in [0, 0.1) is 6.92 Å². The predicted molar refractivity (Wildman–Crippen MR) is 89.4 cm³/mol. The first-order valence-electron chi connectivity index (χ1n) is 7.65.